The van der Waals surface area contributed by atoms with Gasteiger partial charge >= 0.3 is 0 Å². The van der Waals surface area contributed by atoms with Gasteiger partial charge in [-0.05, 0) is 66.7 Å². The van der Waals surface area contributed by atoms with Gasteiger partial charge in [0.25, 0.3) is 11.8 Å². The van der Waals surface area contributed by atoms with Crippen LogP contribution in [0.25, 0.3) is 6.08 Å². The van der Waals surface area contributed by atoms with E-state index in [0.717, 1.165) is 0 Å². The second-order valence-corrected chi connectivity index (χ2v) is 6.21. The summed E-state index contributed by atoms with van der Waals surface area (Å²) in [6, 6.07) is 10.9. The molecule has 0 aromatic heterocycles. The van der Waals surface area contributed by atoms with E-state index in [9.17, 15) is 14.0 Å². The minimum absolute atomic E-state index is 0.0227. The van der Waals surface area contributed by atoms with Gasteiger partial charge in [0.05, 0.1) is 5.69 Å². The van der Waals surface area contributed by atoms with Crippen LogP contribution in [0.3, 0.4) is 0 Å². The molecule has 126 valence electrons. The highest BCUT2D eigenvalue weighted by Crippen LogP contribution is 2.24. The maximum absolute atomic E-state index is 13.7. The largest absolute Gasteiger partial charge is 0.298 e. The predicted octanol–water partition coefficient (Wildman–Crippen LogP) is 3.62. The van der Waals surface area contributed by atoms with Gasteiger partial charge in [0.15, 0.2) is 5.11 Å². The van der Waals surface area contributed by atoms with E-state index < -0.39 is 17.6 Å². The molecule has 25 heavy (non-hydrogen) atoms. The number of halogens is 2. The van der Waals surface area contributed by atoms with Crippen LogP contribution in [-0.4, -0.2) is 16.9 Å². The summed E-state index contributed by atoms with van der Waals surface area (Å²) >= 11 is 11.0. The lowest BCUT2D eigenvalue weighted by Crippen LogP contribution is -2.54. The standard InChI is InChI=1S/C18H12ClFN2O2S/c1-10-11(3-2-4-15(10)20)9-14-16(23)21-18(25)22(17(14)24)13-7-5-12(19)6-8-13/h2-9H,1H3,(H,21,23,25)/b14-9+. The van der Waals surface area contributed by atoms with Gasteiger partial charge in [0.2, 0.25) is 0 Å². The first-order valence-corrected chi connectivity index (χ1v) is 8.09. The van der Waals surface area contributed by atoms with Gasteiger partial charge in [-0.15, -0.1) is 0 Å². The fourth-order valence-electron chi connectivity index (χ4n) is 2.42. The minimum atomic E-state index is -0.621. The fraction of sp³-hybridized carbons (Fsp3) is 0.0556. The van der Waals surface area contributed by atoms with E-state index in [2.05, 4.69) is 5.32 Å². The van der Waals surface area contributed by atoms with Crippen LogP contribution in [0, 0.1) is 12.7 Å². The quantitative estimate of drug-likeness (QED) is 0.496. The molecule has 0 spiro atoms. The third-order valence-corrected chi connectivity index (χ3v) is 4.33. The van der Waals surface area contributed by atoms with Crippen molar-refractivity contribution in [2.45, 2.75) is 6.92 Å². The average molecular weight is 375 g/mol. The van der Waals surface area contributed by atoms with Crippen molar-refractivity contribution in [2.24, 2.45) is 0 Å². The number of nitrogens with one attached hydrogen (secondary N) is 1. The second kappa shape index (κ2) is 6.74. The van der Waals surface area contributed by atoms with E-state index in [1.165, 1.54) is 23.1 Å². The lowest BCUT2D eigenvalue weighted by atomic mass is 10.0. The molecule has 2 aromatic carbocycles. The Morgan fingerprint density at radius 2 is 1.84 bits per heavy atom. The van der Waals surface area contributed by atoms with Gasteiger partial charge in [0, 0.05) is 5.02 Å². The van der Waals surface area contributed by atoms with Gasteiger partial charge in [-0.1, -0.05) is 23.7 Å². The van der Waals surface area contributed by atoms with Crippen LogP contribution in [0.1, 0.15) is 11.1 Å². The molecule has 3 rings (SSSR count). The number of rotatable bonds is 2. The summed E-state index contributed by atoms with van der Waals surface area (Å²) in [5.74, 6) is -1.62. The molecule has 7 heteroatoms. The topological polar surface area (TPSA) is 49.4 Å². The van der Waals surface area contributed by atoms with E-state index in [-0.39, 0.29) is 10.7 Å². The van der Waals surface area contributed by atoms with Crippen molar-refractivity contribution in [3.63, 3.8) is 0 Å². The maximum Gasteiger partial charge on any atom is 0.270 e. The number of benzene rings is 2. The minimum Gasteiger partial charge on any atom is -0.298 e. The van der Waals surface area contributed by atoms with E-state index in [1.807, 2.05) is 0 Å². The van der Waals surface area contributed by atoms with Crippen molar-refractivity contribution in [2.75, 3.05) is 4.90 Å². The summed E-state index contributed by atoms with van der Waals surface area (Å²) in [4.78, 5) is 26.2. The molecule has 1 saturated heterocycles. The van der Waals surface area contributed by atoms with Gasteiger partial charge < -0.3 is 0 Å². The molecule has 0 aliphatic carbocycles. The number of thiocarbonyl (C=S) groups is 1. The second-order valence-electron chi connectivity index (χ2n) is 5.39. The fourth-order valence-corrected chi connectivity index (χ4v) is 2.83. The number of carbonyl (C=O) groups excluding carboxylic acids is 2. The Morgan fingerprint density at radius 1 is 1.16 bits per heavy atom. The molecular formula is C18H12ClFN2O2S. The number of nitrogens with zero attached hydrogens (tertiary/aromatic N) is 1. The van der Waals surface area contributed by atoms with Gasteiger partial charge in [0.1, 0.15) is 11.4 Å². The zero-order valence-corrected chi connectivity index (χ0v) is 14.6. The molecule has 0 atom stereocenters. The van der Waals surface area contributed by atoms with Crippen molar-refractivity contribution in [1.29, 1.82) is 0 Å². The van der Waals surface area contributed by atoms with Gasteiger partial charge in [-0.2, -0.15) is 0 Å². The summed E-state index contributed by atoms with van der Waals surface area (Å²) in [5.41, 5.74) is 1.14. The molecule has 1 heterocycles. The van der Waals surface area contributed by atoms with Crippen molar-refractivity contribution >= 4 is 52.5 Å². The monoisotopic (exact) mass is 374 g/mol. The Bertz CT molecular complexity index is 925. The van der Waals surface area contributed by atoms with Gasteiger partial charge in [-0.25, -0.2) is 4.39 Å². The molecule has 1 N–H and O–H groups in total. The number of hydrogen-bond acceptors (Lipinski definition) is 3. The molecule has 0 unspecified atom stereocenters. The smallest absolute Gasteiger partial charge is 0.270 e. The Labute approximate surface area is 153 Å². The average Bonchev–Trinajstić information content (AvgIpc) is 2.56. The Kier molecular flexibility index (Phi) is 4.65. The van der Waals surface area contributed by atoms with Crippen molar-refractivity contribution in [1.82, 2.24) is 5.32 Å². The summed E-state index contributed by atoms with van der Waals surface area (Å²) in [6.45, 7) is 1.58. The van der Waals surface area contributed by atoms with Gasteiger partial charge in [-0.3, -0.25) is 19.8 Å². The molecule has 2 aromatic rings. The van der Waals surface area contributed by atoms with Crippen molar-refractivity contribution in [3.8, 4) is 0 Å². The first-order valence-electron chi connectivity index (χ1n) is 7.30. The molecule has 0 radical (unpaired) electrons. The molecule has 1 fully saturated rings. The number of carbonyl (C=O) groups is 2. The van der Waals surface area contributed by atoms with Crippen molar-refractivity contribution in [3.05, 3.63) is 70.0 Å². The van der Waals surface area contributed by atoms with E-state index >= 15 is 0 Å². The molecule has 0 saturated carbocycles. The van der Waals surface area contributed by atoms with E-state index in [0.29, 0.717) is 21.8 Å². The lowest BCUT2D eigenvalue weighted by molar-refractivity contribution is -0.122. The van der Waals surface area contributed by atoms with E-state index in [1.54, 1.807) is 37.3 Å². The van der Waals surface area contributed by atoms with Crippen LogP contribution in [0.2, 0.25) is 5.02 Å². The van der Waals surface area contributed by atoms with Crippen LogP contribution in [0.4, 0.5) is 10.1 Å². The van der Waals surface area contributed by atoms with Crippen LogP contribution in [0.15, 0.2) is 48.0 Å². The molecule has 1 aliphatic rings. The normalized spacial score (nSPS) is 16.4. The predicted molar refractivity (Wildman–Crippen MR) is 98.8 cm³/mol. The Morgan fingerprint density at radius 3 is 2.52 bits per heavy atom. The number of anilines is 1. The lowest BCUT2D eigenvalue weighted by Gasteiger charge is -2.29. The molecule has 0 bridgehead atoms. The maximum atomic E-state index is 13.7. The van der Waals surface area contributed by atoms with E-state index in [4.69, 9.17) is 23.8 Å². The number of hydrogen-bond donors (Lipinski definition) is 1. The SMILES string of the molecule is Cc1c(F)cccc1/C=C1\C(=O)NC(=S)N(c2ccc(Cl)cc2)C1=O. The molecule has 1 aliphatic heterocycles. The van der Waals surface area contributed by atoms with Crippen LogP contribution in [-0.2, 0) is 9.59 Å². The highest BCUT2D eigenvalue weighted by atomic mass is 35.5. The third kappa shape index (κ3) is 3.31. The highest BCUT2D eigenvalue weighted by Gasteiger charge is 2.34. The van der Waals surface area contributed by atoms with Crippen LogP contribution in [0.5, 0.6) is 0 Å². The molecular weight excluding hydrogens is 363 g/mol. The summed E-state index contributed by atoms with van der Waals surface area (Å²) < 4.78 is 13.7. The summed E-state index contributed by atoms with van der Waals surface area (Å²) in [7, 11) is 0. The Hall–Kier alpha value is -2.57. The number of amides is 2. The molecule has 4 nitrogen and oxygen atoms in total. The van der Waals surface area contributed by atoms with Crippen LogP contribution < -0.4 is 10.2 Å². The first kappa shape index (κ1) is 17.3. The zero-order chi connectivity index (χ0) is 18.1. The zero-order valence-electron chi connectivity index (χ0n) is 13.0. The summed E-state index contributed by atoms with van der Waals surface area (Å²) in [6.07, 6.45) is 1.36. The Balaban J connectivity index is 2.05. The third-order valence-electron chi connectivity index (χ3n) is 3.80. The van der Waals surface area contributed by atoms with Crippen molar-refractivity contribution < 1.29 is 14.0 Å². The molecule has 2 amide bonds. The first-order chi connectivity index (χ1) is 11.9. The highest BCUT2D eigenvalue weighted by molar-refractivity contribution is 7.80. The van der Waals surface area contributed by atoms with Crippen LogP contribution >= 0.6 is 23.8 Å². The summed E-state index contributed by atoms with van der Waals surface area (Å²) in [5, 5.41) is 2.97.